The van der Waals surface area contributed by atoms with E-state index < -0.39 is 0 Å². The molecular formula is C20H17BrN4O3S. The number of nitrogens with zero attached hydrogens (tertiary/aromatic N) is 3. The van der Waals surface area contributed by atoms with Crippen LogP contribution in [0.15, 0.2) is 61.1 Å². The van der Waals surface area contributed by atoms with E-state index >= 15 is 0 Å². The number of benzene rings is 2. The molecule has 1 amide bonds. The van der Waals surface area contributed by atoms with Gasteiger partial charge in [-0.1, -0.05) is 45.0 Å². The van der Waals surface area contributed by atoms with Gasteiger partial charge in [-0.15, -0.1) is 0 Å². The number of halogens is 1. The van der Waals surface area contributed by atoms with E-state index in [9.17, 15) is 4.79 Å². The lowest BCUT2D eigenvalue weighted by Crippen LogP contribution is -2.12. The molecular weight excluding hydrogens is 456 g/mol. The van der Waals surface area contributed by atoms with Gasteiger partial charge in [0.1, 0.15) is 5.52 Å². The summed E-state index contributed by atoms with van der Waals surface area (Å²) in [6.07, 6.45) is 0.636. The Labute approximate surface area is 179 Å². The SMILES string of the molecule is Cc1cc(NC(=O)CCc2nc(CSc3nc4ccccc4o3)no2)ccc1Br. The maximum Gasteiger partial charge on any atom is 0.257 e. The third-order valence-corrected chi connectivity index (χ3v) is 5.83. The van der Waals surface area contributed by atoms with Gasteiger partial charge in [-0.3, -0.25) is 4.79 Å². The lowest BCUT2D eigenvalue weighted by atomic mass is 10.2. The zero-order valence-electron chi connectivity index (χ0n) is 15.5. The Morgan fingerprint density at radius 3 is 2.90 bits per heavy atom. The minimum absolute atomic E-state index is 0.104. The summed E-state index contributed by atoms with van der Waals surface area (Å²) in [6.45, 7) is 1.97. The first-order valence-corrected chi connectivity index (χ1v) is 10.7. The number of anilines is 1. The minimum atomic E-state index is -0.104. The summed E-state index contributed by atoms with van der Waals surface area (Å²) >= 11 is 4.84. The number of para-hydroxylation sites is 2. The lowest BCUT2D eigenvalue weighted by molar-refractivity contribution is -0.116. The summed E-state index contributed by atoms with van der Waals surface area (Å²) in [5, 5.41) is 7.38. The lowest BCUT2D eigenvalue weighted by Gasteiger charge is -2.06. The number of hydrogen-bond donors (Lipinski definition) is 1. The van der Waals surface area contributed by atoms with Crippen LogP contribution in [0.3, 0.4) is 0 Å². The molecule has 0 saturated heterocycles. The molecule has 0 atom stereocenters. The van der Waals surface area contributed by atoms with Gasteiger partial charge in [0.05, 0.1) is 5.75 Å². The van der Waals surface area contributed by atoms with Crippen LogP contribution in [0.1, 0.15) is 23.7 Å². The number of fused-ring (bicyclic) bond motifs is 1. The summed E-state index contributed by atoms with van der Waals surface area (Å²) in [6, 6.07) is 13.3. The Morgan fingerprint density at radius 2 is 2.07 bits per heavy atom. The number of rotatable bonds is 7. The summed E-state index contributed by atoms with van der Waals surface area (Å²) in [5.41, 5.74) is 3.38. The van der Waals surface area contributed by atoms with E-state index in [0.29, 0.717) is 29.1 Å². The van der Waals surface area contributed by atoms with Crippen LogP contribution in [0.5, 0.6) is 0 Å². The van der Waals surface area contributed by atoms with Gasteiger partial charge >= 0.3 is 0 Å². The second kappa shape index (κ2) is 8.79. The predicted octanol–water partition coefficient (Wildman–Crippen LogP) is 5.15. The Morgan fingerprint density at radius 1 is 1.21 bits per heavy atom. The molecule has 2 heterocycles. The van der Waals surface area contributed by atoms with Crippen molar-refractivity contribution >= 4 is 50.4 Å². The number of carbonyl (C=O) groups excluding carboxylic acids is 1. The Bertz CT molecular complexity index is 1120. The highest BCUT2D eigenvalue weighted by Crippen LogP contribution is 2.25. The molecule has 29 heavy (non-hydrogen) atoms. The number of aryl methyl sites for hydroxylation is 2. The number of carbonyl (C=O) groups is 1. The van der Waals surface area contributed by atoms with Crippen LogP contribution >= 0.6 is 27.7 Å². The van der Waals surface area contributed by atoms with Gasteiger partial charge in [-0.25, -0.2) is 4.98 Å². The average molecular weight is 473 g/mol. The molecule has 0 aliphatic heterocycles. The molecule has 9 heteroatoms. The quantitative estimate of drug-likeness (QED) is 0.371. The van der Waals surface area contributed by atoms with Crippen molar-refractivity contribution in [3.05, 3.63) is 64.2 Å². The molecule has 0 saturated carbocycles. The second-order valence-electron chi connectivity index (χ2n) is 6.35. The summed E-state index contributed by atoms with van der Waals surface area (Å²) < 4.78 is 11.9. The van der Waals surface area contributed by atoms with Gasteiger partial charge in [0.15, 0.2) is 11.4 Å². The number of nitrogens with one attached hydrogen (secondary N) is 1. The summed E-state index contributed by atoms with van der Waals surface area (Å²) in [5.74, 6) is 1.34. The van der Waals surface area contributed by atoms with E-state index in [2.05, 4.69) is 36.4 Å². The number of oxazole rings is 1. The molecule has 7 nitrogen and oxygen atoms in total. The molecule has 4 aromatic rings. The largest absolute Gasteiger partial charge is 0.431 e. The highest BCUT2D eigenvalue weighted by Gasteiger charge is 2.12. The maximum atomic E-state index is 12.1. The van der Waals surface area contributed by atoms with Crippen molar-refractivity contribution in [3.63, 3.8) is 0 Å². The fourth-order valence-electron chi connectivity index (χ4n) is 2.66. The van der Waals surface area contributed by atoms with Crippen molar-refractivity contribution in [2.45, 2.75) is 30.7 Å². The molecule has 2 aromatic carbocycles. The number of aromatic nitrogens is 3. The third-order valence-electron chi connectivity index (χ3n) is 4.12. The van der Waals surface area contributed by atoms with Gasteiger partial charge in [-0.05, 0) is 42.8 Å². The van der Waals surface area contributed by atoms with Crippen LogP contribution in [-0.4, -0.2) is 21.0 Å². The summed E-state index contributed by atoms with van der Waals surface area (Å²) in [7, 11) is 0. The molecule has 0 spiro atoms. The normalized spacial score (nSPS) is 11.1. The van der Waals surface area contributed by atoms with E-state index in [4.69, 9.17) is 8.94 Å². The smallest absolute Gasteiger partial charge is 0.257 e. The zero-order chi connectivity index (χ0) is 20.2. The molecule has 0 fully saturated rings. The van der Waals surface area contributed by atoms with Gasteiger partial charge in [-0.2, -0.15) is 4.98 Å². The highest BCUT2D eigenvalue weighted by atomic mass is 79.9. The van der Waals surface area contributed by atoms with Crippen LogP contribution in [0.25, 0.3) is 11.1 Å². The van der Waals surface area contributed by atoms with Crippen molar-refractivity contribution < 1.29 is 13.7 Å². The first-order chi connectivity index (χ1) is 14.1. The highest BCUT2D eigenvalue weighted by molar-refractivity contribution is 9.10. The minimum Gasteiger partial charge on any atom is -0.431 e. The van der Waals surface area contributed by atoms with Crippen molar-refractivity contribution in [1.82, 2.24) is 15.1 Å². The van der Waals surface area contributed by atoms with Crippen LogP contribution in [0, 0.1) is 6.92 Å². The molecule has 148 valence electrons. The molecule has 0 aliphatic carbocycles. The van der Waals surface area contributed by atoms with Crippen molar-refractivity contribution in [2.75, 3.05) is 5.32 Å². The Balaban J connectivity index is 1.27. The van der Waals surface area contributed by atoms with Crippen LogP contribution in [0.2, 0.25) is 0 Å². The van der Waals surface area contributed by atoms with Gasteiger partial charge in [0.25, 0.3) is 5.22 Å². The number of hydrogen-bond acceptors (Lipinski definition) is 7. The van der Waals surface area contributed by atoms with Crippen LogP contribution in [0.4, 0.5) is 5.69 Å². The average Bonchev–Trinajstić information content (AvgIpc) is 3.34. The fraction of sp³-hybridized carbons (Fsp3) is 0.200. The molecule has 1 N–H and O–H groups in total. The van der Waals surface area contributed by atoms with Crippen LogP contribution < -0.4 is 5.32 Å². The standard InChI is InChI=1S/C20H17BrN4O3S/c1-12-10-13(6-7-14(12)21)22-18(26)8-9-19-24-17(25-28-19)11-29-20-23-15-4-2-3-5-16(15)27-20/h2-7,10H,8-9,11H2,1H3,(H,22,26). The van der Waals surface area contributed by atoms with E-state index in [-0.39, 0.29) is 12.3 Å². The molecule has 0 unspecified atom stereocenters. The van der Waals surface area contributed by atoms with Gasteiger partial charge in [0.2, 0.25) is 11.8 Å². The summed E-state index contributed by atoms with van der Waals surface area (Å²) in [4.78, 5) is 20.9. The van der Waals surface area contributed by atoms with Crippen LogP contribution in [-0.2, 0) is 17.0 Å². The van der Waals surface area contributed by atoms with Crippen molar-refractivity contribution in [1.29, 1.82) is 0 Å². The number of thioether (sulfide) groups is 1. The van der Waals surface area contributed by atoms with E-state index in [1.54, 1.807) is 0 Å². The van der Waals surface area contributed by atoms with E-state index in [1.165, 1.54) is 11.8 Å². The van der Waals surface area contributed by atoms with Gasteiger partial charge < -0.3 is 14.3 Å². The van der Waals surface area contributed by atoms with Crippen molar-refractivity contribution in [3.8, 4) is 0 Å². The topological polar surface area (TPSA) is 94.1 Å². The van der Waals surface area contributed by atoms with Gasteiger partial charge in [0, 0.05) is 23.0 Å². The van der Waals surface area contributed by atoms with E-state index in [1.807, 2.05) is 49.4 Å². The maximum absolute atomic E-state index is 12.1. The third kappa shape index (κ3) is 5.04. The number of amides is 1. The molecule has 0 bridgehead atoms. The Hall–Kier alpha value is -2.65. The van der Waals surface area contributed by atoms with E-state index in [0.717, 1.165) is 26.8 Å². The molecule has 2 aromatic heterocycles. The molecule has 0 aliphatic rings. The second-order valence-corrected chi connectivity index (χ2v) is 8.13. The molecule has 4 rings (SSSR count). The first-order valence-electron chi connectivity index (χ1n) is 8.92. The van der Waals surface area contributed by atoms with Crippen molar-refractivity contribution in [2.24, 2.45) is 0 Å². The monoisotopic (exact) mass is 472 g/mol. The predicted molar refractivity (Wildman–Crippen MR) is 114 cm³/mol. The fourth-order valence-corrected chi connectivity index (χ4v) is 3.58. The molecule has 0 radical (unpaired) electrons. The zero-order valence-corrected chi connectivity index (χ0v) is 17.9. The first kappa shape index (κ1) is 19.7. The Kier molecular flexibility index (Phi) is 5.96.